The zero-order chi connectivity index (χ0) is 17.8. The van der Waals surface area contributed by atoms with Crippen molar-refractivity contribution < 1.29 is 0 Å². The summed E-state index contributed by atoms with van der Waals surface area (Å²) in [6.07, 6.45) is 7.71. The van der Waals surface area contributed by atoms with Crippen molar-refractivity contribution in [1.82, 2.24) is 14.7 Å². The summed E-state index contributed by atoms with van der Waals surface area (Å²) < 4.78 is 1.28. The first-order valence-corrected chi connectivity index (χ1v) is 8.80. The number of benzene rings is 1. The number of rotatable bonds is 4. The SMILES string of the molecule is C#CCCN1CCN(c2cnn(-c3ccc(Cl)cc3)c(=O)c2Cl)CC1. The highest BCUT2D eigenvalue weighted by atomic mass is 35.5. The number of aromatic nitrogens is 2. The molecule has 3 rings (SSSR count). The lowest BCUT2D eigenvalue weighted by atomic mass is 10.2. The zero-order valence-corrected chi connectivity index (χ0v) is 15.2. The van der Waals surface area contributed by atoms with Gasteiger partial charge in [-0.1, -0.05) is 23.2 Å². The first-order chi connectivity index (χ1) is 12.1. The summed E-state index contributed by atoms with van der Waals surface area (Å²) >= 11 is 12.2. The van der Waals surface area contributed by atoms with Crippen LogP contribution in [0.2, 0.25) is 10.0 Å². The second-order valence-electron chi connectivity index (χ2n) is 5.82. The van der Waals surface area contributed by atoms with Crippen molar-refractivity contribution >= 4 is 28.9 Å². The van der Waals surface area contributed by atoms with E-state index in [-0.39, 0.29) is 10.6 Å². The lowest BCUT2D eigenvalue weighted by Gasteiger charge is -2.35. The Bertz CT molecular complexity index is 834. The minimum Gasteiger partial charge on any atom is -0.366 e. The fourth-order valence-electron chi connectivity index (χ4n) is 2.85. The number of halogens is 2. The molecule has 2 heterocycles. The van der Waals surface area contributed by atoms with E-state index >= 15 is 0 Å². The lowest BCUT2D eigenvalue weighted by Crippen LogP contribution is -2.47. The fraction of sp³-hybridized carbons (Fsp3) is 0.333. The van der Waals surface area contributed by atoms with E-state index in [0.717, 1.165) is 39.1 Å². The van der Waals surface area contributed by atoms with Gasteiger partial charge in [0.05, 0.1) is 17.6 Å². The van der Waals surface area contributed by atoms with Crippen LogP contribution in [0, 0.1) is 12.3 Å². The normalized spacial score (nSPS) is 15.2. The summed E-state index contributed by atoms with van der Waals surface area (Å²) in [7, 11) is 0. The molecule has 1 aliphatic rings. The van der Waals surface area contributed by atoms with E-state index in [1.807, 2.05) is 0 Å². The van der Waals surface area contributed by atoms with E-state index < -0.39 is 0 Å². The molecule has 0 unspecified atom stereocenters. The van der Waals surface area contributed by atoms with Crippen molar-refractivity contribution in [3.63, 3.8) is 0 Å². The van der Waals surface area contributed by atoms with E-state index in [1.54, 1.807) is 30.5 Å². The second kappa shape index (κ2) is 7.92. The molecule has 7 heteroatoms. The highest BCUT2D eigenvalue weighted by molar-refractivity contribution is 6.33. The average molecular weight is 377 g/mol. The first kappa shape index (κ1) is 17.8. The number of piperazine rings is 1. The lowest BCUT2D eigenvalue weighted by molar-refractivity contribution is 0.264. The van der Waals surface area contributed by atoms with Gasteiger partial charge in [-0.15, -0.1) is 12.3 Å². The summed E-state index contributed by atoms with van der Waals surface area (Å²) in [6.45, 7) is 4.25. The standard InChI is InChI=1S/C18H18Cl2N4O/c1-2-3-8-22-9-11-23(12-10-22)16-13-21-24(18(25)17(16)20)15-6-4-14(19)5-7-15/h1,4-7,13H,3,8-12H2. The van der Waals surface area contributed by atoms with Gasteiger partial charge in [0.25, 0.3) is 5.56 Å². The van der Waals surface area contributed by atoms with Crippen LogP contribution in [0.1, 0.15) is 6.42 Å². The van der Waals surface area contributed by atoms with Crippen molar-refractivity contribution in [2.45, 2.75) is 6.42 Å². The van der Waals surface area contributed by atoms with Gasteiger partial charge in [-0.25, -0.2) is 0 Å². The number of anilines is 1. The van der Waals surface area contributed by atoms with Crippen LogP contribution in [0.25, 0.3) is 5.69 Å². The van der Waals surface area contributed by atoms with Gasteiger partial charge in [0.2, 0.25) is 0 Å². The van der Waals surface area contributed by atoms with Crippen LogP contribution in [0.4, 0.5) is 5.69 Å². The summed E-state index contributed by atoms with van der Waals surface area (Å²) in [5.74, 6) is 2.66. The Hall–Kier alpha value is -2.00. The van der Waals surface area contributed by atoms with E-state index in [2.05, 4.69) is 20.8 Å². The van der Waals surface area contributed by atoms with E-state index in [9.17, 15) is 4.79 Å². The molecule has 1 saturated heterocycles. The maximum Gasteiger partial charge on any atom is 0.292 e. The van der Waals surface area contributed by atoms with Gasteiger partial charge in [-0.2, -0.15) is 9.78 Å². The Balaban J connectivity index is 1.78. The Morgan fingerprint density at radius 1 is 1.12 bits per heavy atom. The molecule has 2 aromatic rings. The molecule has 5 nitrogen and oxygen atoms in total. The molecule has 0 aliphatic carbocycles. The summed E-state index contributed by atoms with van der Waals surface area (Å²) in [5.41, 5.74) is 0.965. The molecule has 1 aliphatic heterocycles. The topological polar surface area (TPSA) is 41.4 Å². The third-order valence-electron chi connectivity index (χ3n) is 4.26. The minimum atomic E-state index is -0.337. The van der Waals surface area contributed by atoms with Gasteiger partial charge in [0.15, 0.2) is 0 Å². The molecule has 0 radical (unpaired) electrons. The molecule has 1 aromatic heterocycles. The number of nitrogens with zero attached hydrogens (tertiary/aromatic N) is 4. The van der Waals surface area contributed by atoms with E-state index in [4.69, 9.17) is 29.6 Å². The fourth-order valence-corrected chi connectivity index (χ4v) is 3.22. The Kier molecular flexibility index (Phi) is 5.64. The van der Waals surface area contributed by atoms with Crippen LogP contribution < -0.4 is 10.5 Å². The van der Waals surface area contributed by atoms with Crippen LogP contribution in [-0.2, 0) is 0 Å². The molecule has 1 aromatic carbocycles. The molecular formula is C18H18Cl2N4O. The van der Waals surface area contributed by atoms with Gasteiger partial charge in [0.1, 0.15) is 5.02 Å². The van der Waals surface area contributed by atoms with Crippen LogP contribution in [-0.4, -0.2) is 47.4 Å². The highest BCUT2D eigenvalue weighted by Crippen LogP contribution is 2.23. The minimum absolute atomic E-state index is 0.182. The third-order valence-corrected chi connectivity index (χ3v) is 4.86. The van der Waals surface area contributed by atoms with Crippen LogP contribution in [0.5, 0.6) is 0 Å². The molecule has 0 bridgehead atoms. The number of hydrogen-bond acceptors (Lipinski definition) is 4. The van der Waals surface area contributed by atoms with Crippen molar-refractivity contribution in [1.29, 1.82) is 0 Å². The van der Waals surface area contributed by atoms with Crippen molar-refractivity contribution in [3.8, 4) is 18.0 Å². The molecule has 0 saturated carbocycles. The number of terminal acetylenes is 1. The van der Waals surface area contributed by atoms with Gasteiger partial charge in [-0.05, 0) is 24.3 Å². The van der Waals surface area contributed by atoms with Crippen LogP contribution in [0.15, 0.2) is 35.3 Å². The number of hydrogen-bond donors (Lipinski definition) is 0. The van der Waals surface area contributed by atoms with Crippen LogP contribution in [0.3, 0.4) is 0 Å². The van der Waals surface area contributed by atoms with E-state index in [1.165, 1.54) is 4.68 Å². The quantitative estimate of drug-likeness (QED) is 0.769. The van der Waals surface area contributed by atoms with Crippen molar-refractivity contribution in [2.75, 3.05) is 37.6 Å². The Labute approximate surface area is 156 Å². The molecule has 0 spiro atoms. The molecule has 0 atom stereocenters. The van der Waals surface area contributed by atoms with Crippen molar-refractivity contribution in [3.05, 3.63) is 50.9 Å². The van der Waals surface area contributed by atoms with E-state index in [0.29, 0.717) is 16.4 Å². The zero-order valence-electron chi connectivity index (χ0n) is 13.7. The maximum absolute atomic E-state index is 12.6. The largest absolute Gasteiger partial charge is 0.366 e. The first-order valence-electron chi connectivity index (χ1n) is 8.04. The highest BCUT2D eigenvalue weighted by Gasteiger charge is 2.21. The predicted molar refractivity (Wildman–Crippen MR) is 102 cm³/mol. The Morgan fingerprint density at radius 2 is 1.80 bits per heavy atom. The van der Waals surface area contributed by atoms with Gasteiger partial charge in [0, 0.05) is 44.2 Å². The van der Waals surface area contributed by atoms with Crippen LogP contribution >= 0.6 is 23.2 Å². The molecule has 130 valence electrons. The Morgan fingerprint density at radius 3 is 2.44 bits per heavy atom. The molecule has 0 N–H and O–H groups in total. The predicted octanol–water partition coefficient (Wildman–Crippen LogP) is 2.68. The molecule has 1 fully saturated rings. The summed E-state index contributed by atoms with van der Waals surface area (Å²) in [6, 6.07) is 6.89. The smallest absolute Gasteiger partial charge is 0.292 e. The monoisotopic (exact) mass is 376 g/mol. The maximum atomic E-state index is 12.6. The summed E-state index contributed by atoms with van der Waals surface area (Å²) in [4.78, 5) is 17.0. The van der Waals surface area contributed by atoms with Gasteiger partial charge >= 0.3 is 0 Å². The third kappa shape index (κ3) is 3.98. The average Bonchev–Trinajstić information content (AvgIpc) is 2.64. The molecular weight excluding hydrogens is 359 g/mol. The molecule has 0 amide bonds. The van der Waals surface area contributed by atoms with Gasteiger partial charge in [-0.3, -0.25) is 9.69 Å². The van der Waals surface area contributed by atoms with Crippen molar-refractivity contribution in [2.24, 2.45) is 0 Å². The van der Waals surface area contributed by atoms with Gasteiger partial charge < -0.3 is 4.90 Å². The second-order valence-corrected chi connectivity index (χ2v) is 6.63. The summed E-state index contributed by atoms with van der Waals surface area (Å²) in [5, 5.41) is 5.06. The molecule has 25 heavy (non-hydrogen) atoms.